The predicted octanol–water partition coefficient (Wildman–Crippen LogP) is 8.71. The van der Waals surface area contributed by atoms with Crippen LogP contribution in [0, 0.1) is 0 Å². The van der Waals surface area contributed by atoms with E-state index in [1.807, 2.05) is 65.2 Å². The first kappa shape index (κ1) is 32.7. The minimum Gasteiger partial charge on any atom is -0.497 e. The molecule has 11 heteroatoms. The molecular weight excluding hydrogens is 591 g/mol. The van der Waals surface area contributed by atoms with Crippen molar-refractivity contribution >= 4 is 39.9 Å². The van der Waals surface area contributed by atoms with Crippen LogP contribution in [0.4, 0.5) is 15.8 Å². The van der Waals surface area contributed by atoms with Crippen LogP contribution in [-0.4, -0.2) is 49.9 Å². The van der Waals surface area contributed by atoms with E-state index in [4.69, 9.17) is 14.6 Å². The zero-order chi connectivity index (χ0) is 31.2. The Kier molecular flexibility index (Phi) is 10.7. The zero-order valence-electron chi connectivity index (χ0n) is 24.8. The lowest BCUT2D eigenvalue weighted by Gasteiger charge is -2.52. The summed E-state index contributed by atoms with van der Waals surface area (Å²) in [6, 6.07) is 20.6. The van der Waals surface area contributed by atoms with E-state index in [1.54, 1.807) is 13.2 Å². The molecule has 4 rings (SSSR count). The molecule has 232 valence electrons. The monoisotopic (exact) mass is 630 g/mol. The van der Waals surface area contributed by atoms with Crippen LogP contribution in [0.2, 0.25) is 0 Å². The maximum Gasteiger partial charge on any atom is 0.368 e. The predicted molar refractivity (Wildman–Crippen MR) is 171 cm³/mol. The Morgan fingerprint density at radius 3 is 2.40 bits per heavy atom. The average Bonchev–Trinajstić information content (AvgIpc) is 3.10. The van der Waals surface area contributed by atoms with Gasteiger partial charge in [-0.1, -0.05) is 57.0 Å². The maximum atomic E-state index is 13.9. The van der Waals surface area contributed by atoms with Crippen LogP contribution in [0.3, 0.4) is 0 Å². The van der Waals surface area contributed by atoms with Gasteiger partial charge in [-0.15, -0.1) is 22.5 Å². The van der Waals surface area contributed by atoms with Gasteiger partial charge in [0.2, 0.25) is 5.83 Å². The normalized spacial score (nSPS) is 19.3. The number of hydrogen-bond acceptors (Lipinski definition) is 8. The van der Waals surface area contributed by atoms with Crippen molar-refractivity contribution in [1.82, 2.24) is 4.31 Å². The third-order valence-electron chi connectivity index (χ3n) is 7.82. The minimum absolute atomic E-state index is 0.123. The van der Waals surface area contributed by atoms with E-state index in [0.29, 0.717) is 42.0 Å². The SMILES string of the molecule is CCCCC1(CC)CN(c2ccccc2)c2cc(SC)c(O/C=C(\F)C(=O)O)cc2S(O)(O)N1Cc1ccc(OC)cc1. The van der Waals surface area contributed by atoms with Gasteiger partial charge >= 0.3 is 5.97 Å². The van der Waals surface area contributed by atoms with Gasteiger partial charge in [-0.05, 0) is 55.0 Å². The number of carboxylic acids is 1. The van der Waals surface area contributed by atoms with Gasteiger partial charge in [0, 0.05) is 24.8 Å². The van der Waals surface area contributed by atoms with Crippen LogP contribution in [0.5, 0.6) is 11.5 Å². The molecule has 0 spiro atoms. The first-order valence-electron chi connectivity index (χ1n) is 14.1. The first-order valence-corrected chi connectivity index (χ1v) is 16.8. The Hall–Kier alpha value is -3.22. The van der Waals surface area contributed by atoms with Crippen LogP contribution in [0.1, 0.15) is 45.1 Å². The van der Waals surface area contributed by atoms with Gasteiger partial charge in [0.05, 0.1) is 23.2 Å². The number of fused-ring (bicyclic) bond motifs is 1. The molecule has 1 aliphatic rings. The Morgan fingerprint density at radius 1 is 1.12 bits per heavy atom. The molecule has 1 atom stereocenters. The maximum absolute atomic E-state index is 13.9. The smallest absolute Gasteiger partial charge is 0.368 e. The third-order valence-corrected chi connectivity index (χ3v) is 10.6. The first-order chi connectivity index (χ1) is 20.6. The lowest BCUT2D eigenvalue weighted by atomic mass is 9.88. The number of nitrogens with zero attached hydrogens (tertiary/aromatic N) is 2. The molecule has 3 N–H and O–H groups in total. The number of carboxylic acid groups (broad SMARTS) is 1. The Morgan fingerprint density at radius 2 is 1.81 bits per heavy atom. The molecule has 0 saturated carbocycles. The second-order valence-electron chi connectivity index (χ2n) is 10.4. The van der Waals surface area contributed by atoms with Crippen LogP contribution in [0.15, 0.2) is 88.6 Å². The summed E-state index contributed by atoms with van der Waals surface area (Å²) in [7, 11) is -2.09. The number of rotatable bonds is 12. The molecule has 3 aromatic carbocycles. The van der Waals surface area contributed by atoms with E-state index in [1.165, 1.54) is 17.8 Å². The molecule has 0 bridgehead atoms. The standard InChI is InChI=1S/C32H39FN2O6S2/c1-5-7-17-32(6-2)22-34(24-11-9-8-10-12-24)27-18-29(42-4)28(41-21-26(33)31(36)37)19-30(27)43(38,39)35(32)20-23-13-15-25(40-3)16-14-23/h8-16,18-19,21,38-39H,5-7,17,20,22H2,1-4H3,(H,36,37)/b26-21-. The molecular formula is C32H39FN2O6S2. The average molecular weight is 631 g/mol. The van der Waals surface area contributed by atoms with Crippen LogP contribution in [-0.2, 0) is 11.3 Å². The van der Waals surface area contributed by atoms with Crippen molar-refractivity contribution in [2.75, 3.05) is 24.8 Å². The highest BCUT2D eigenvalue weighted by atomic mass is 32.3. The number of benzene rings is 3. The lowest BCUT2D eigenvalue weighted by Crippen LogP contribution is -2.53. The van der Waals surface area contributed by atoms with Gasteiger partial charge in [0.25, 0.3) is 0 Å². The van der Waals surface area contributed by atoms with E-state index < -0.39 is 28.1 Å². The zero-order valence-corrected chi connectivity index (χ0v) is 26.5. The fourth-order valence-electron chi connectivity index (χ4n) is 5.39. The topological polar surface area (TPSA) is 103 Å². The van der Waals surface area contributed by atoms with E-state index >= 15 is 0 Å². The summed E-state index contributed by atoms with van der Waals surface area (Å²) < 4.78 is 51.4. The summed E-state index contributed by atoms with van der Waals surface area (Å²) in [5.74, 6) is -2.40. The van der Waals surface area contributed by atoms with Crippen molar-refractivity contribution in [2.24, 2.45) is 0 Å². The van der Waals surface area contributed by atoms with Crippen molar-refractivity contribution in [2.45, 2.75) is 61.4 Å². The fraction of sp³-hybridized carbons (Fsp3) is 0.344. The van der Waals surface area contributed by atoms with Crippen molar-refractivity contribution in [3.05, 3.63) is 84.4 Å². The summed E-state index contributed by atoms with van der Waals surface area (Å²) in [6.07, 6.45) is 5.52. The number of aliphatic carboxylic acids is 1. The van der Waals surface area contributed by atoms with E-state index in [-0.39, 0.29) is 17.2 Å². The molecule has 3 aromatic rings. The molecule has 0 saturated heterocycles. The third kappa shape index (κ3) is 6.97. The largest absolute Gasteiger partial charge is 0.497 e. The van der Waals surface area contributed by atoms with Crippen LogP contribution in [0.25, 0.3) is 0 Å². The number of hydrogen-bond donors (Lipinski definition) is 3. The summed E-state index contributed by atoms with van der Waals surface area (Å²) in [4.78, 5) is 14.0. The molecule has 0 radical (unpaired) electrons. The number of halogens is 1. The Labute approximate surface area is 258 Å². The number of ether oxygens (including phenoxy) is 2. The number of methoxy groups -OCH3 is 1. The highest BCUT2D eigenvalue weighted by molar-refractivity contribution is 8.22. The quantitative estimate of drug-likeness (QED) is 0.103. The number of anilines is 2. The molecule has 0 aliphatic carbocycles. The van der Waals surface area contributed by atoms with Gasteiger partial charge in [-0.2, -0.15) is 8.70 Å². The Bertz CT molecular complexity index is 1440. The fourth-order valence-corrected chi connectivity index (χ4v) is 8.03. The van der Waals surface area contributed by atoms with Gasteiger partial charge in [0.1, 0.15) is 22.7 Å². The Balaban J connectivity index is 1.98. The van der Waals surface area contributed by atoms with Gasteiger partial charge < -0.3 is 19.5 Å². The minimum atomic E-state index is -3.69. The summed E-state index contributed by atoms with van der Waals surface area (Å²) in [5.41, 5.74) is 1.71. The van der Waals surface area contributed by atoms with Gasteiger partial charge in [-0.3, -0.25) is 9.11 Å². The summed E-state index contributed by atoms with van der Waals surface area (Å²) in [5, 5.41) is 9.00. The van der Waals surface area contributed by atoms with Crippen molar-refractivity contribution in [3.8, 4) is 11.5 Å². The second kappa shape index (κ2) is 14.0. The second-order valence-corrected chi connectivity index (χ2v) is 13.1. The van der Waals surface area contributed by atoms with E-state index in [9.17, 15) is 18.3 Å². The molecule has 1 unspecified atom stereocenters. The van der Waals surface area contributed by atoms with Gasteiger partial charge in [-0.25, -0.2) is 4.79 Å². The lowest BCUT2D eigenvalue weighted by molar-refractivity contribution is -0.134. The van der Waals surface area contributed by atoms with Crippen LogP contribution >= 0.6 is 22.5 Å². The van der Waals surface area contributed by atoms with Crippen molar-refractivity contribution in [3.63, 3.8) is 0 Å². The number of thioether (sulfide) groups is 1. The van der Waals surface area contributed by atoms with E-state index in [0.717, 1.165) is 24.1 Å². The van der Waals surface area contributed by atoms with Crippen molar-refractivity contribution < 1.29 is 32.9 Å². The molecule has 8 nitrogen and oxygen atoms in total. The molecule has 1 heterocycles. The van der Waals surface area contributed by atoms with Gasteiger partial charge in [0.15, 0.2) is 0 Å². The number of unbranched alkanes of at least 4 members (excludes halogenated alkanes) is 1. The highest BCUT2D eigenvalue weighted by Gasteiger charge is 2.48. The molecule has 1 aliphatic heterocycles. The molecule has 0 amide bonds. The van der Waals surface area contributed by atoms with Crippen molar-refractivity contribution in [1.29, 1.82) is 0 Å². The molecule has 0 fully saturated rings. The number of carbonyl (C=O) groups is 1. The highest BCUT2D eigenvalue weighted by Crippen LogP contribution is 2.64. The number of para-hydroxylation sites is 1. The van der Waals surface area contributed by atoms with Crippen LogP contribution < -0.4 is 14.4 Å². The molecule has 43 heavy (non-hydrogen) atoms. The summed E-state index contributed by atoms with van der Waals surface area (Å²) >= 11 is 1.33. The summed E-state index contributed by atoms with van der Waals surface area (Å²) in [6.45, 7) is 4.93. The van der Waals surface area contributed by atoms with E-state index in [2.05, 4.69) is 18.7 Å². The molecule has 0 aromatic heterocycles.